The minimum absolute atomic E-state index is 0.150. The lowest BCUT2D eigenvalue weighted by Gasteiger charge is -2.19. The van der Waals surface area contributed by atoms with Crippen LogP contribution in [-0.2, 0) is 11.0 Å². The number of alkyl halides is 3. The van der Waals surface area contributed by atoms with Gasteiger partial charge in [-0.1, -0.05) is 13.0 Å². The summed E-state index contributed by atoms with van der Waals surface area (Å²) in [7, 11) is 0. The molecule has 112 valence electrons. The fraction of sp³-hybridized carbons (Fsp3) is 0.462. The second-order valence-electron chi connectivity index (χ2n) is 4.41. The molecule has 1 unspecified atom stereocenters. The van der Waals surface area contributed by atoms with Crippen molar-refractivity contribution in [1.82, 2.24) is 5.32 Å². The molecule has 1 aromatic carbocycles. The lowest BCUT2D eigenvalue weighted by molar-refractivity contribution is -0.140. The Morgan fingerprint density at radius 2 is 2.05 bits per heavy atom. The zero-order chi connectivity index (χ0) is 15.3. The highest BCUT2D eigenvalue weighted by atomic mass is 19.4. The van der Waals surface area contributed by atoms with Gasteiger partial charge in [-0.05, 0) is 30.7 Å². The maximum absolute atomic E-state index is 13.2. The van der Waals surface area contributed by atoms with Crippen molar-refractivity contribution in [2.45, 2.75) is 32.0 Å². The first kappa shape index (κ1) is 16.4. The van der Waals surface area contributed by atoms with Gasteiger partial charge in [0.2, 0.25) is 5.91 Å². The van der Waals surface area contributed by atoms with Gasteiger partial charge in [0.15, 0.2) is 0 Å². The number of rotatable bonds is 6. The molecule has 1 rings (SSSR count). The van der Waals surface area contributed by atoms with E-state index in [1.807, 2.05) is 6.92 Å². The largest absolute Gasteiger partial charge is 0.419 e. The van der Waals surface area contributed by atoms with Gasteiger partial charge in [0.1, 0.15) is 5.82 Å². The number of hydrogen-bond donors (Lipinski definition) is 2. The lowest BCUT2D eigenvalue weighted by atomic mass is 10.00. The van der Waals surface area contributed by atoms with Gasteiger partial charge >= 0.3 is 6.18 Å². The van der Waals surface area contributed by atoms with Crippen LogP contribution < -0.4 is 11.1 Å². The van der Waals surface area contributed by atoms with Gasteiger partial charge in [-0.3, -0.25) is 4.79 Å². The number of carbonyl (C=O) groups excluding carboxylic acids is 1. The summed E-state index contributed by atoms with van der Waals surface area (Å²) >= 11 is 0. The minimum atomic E-state index is -4.78. The van der Waals surface area contributed by atoms with Crippen molar-refractivity contribution in [1.29, 1.82) is 0 Å². The Kier molecular flexibility index (Phi) is 5.50. The van der Waals surface area contributed by atoms with Crippen molar-refractivity contribution in [3.63, 3.8) is 0 Å². The average Bonchev–Trinajstić information content (AvgIpc) is 2.33. The third-order valence-electron chi connectivity index (χ3n) is 2.74. The predicted molar refractivity (Wildman–Crippen MR) is 66.2 cm³/mol. The van der Waals surface area contributed by atoms with Crippen LogP contribution in [0.25, 0.3) is 0 Å². The molecule has 0 bridgehead atoms. The minimum Gasteiger partial charge on any atom is -0.370 e. The normalized spacial score (nSPS) is 13.2. The molecule has 3 N–H and O–H groups in total. The van der Waals surface area contributed by atoms with E-state index in [1.165, 1.54) is 6.07 Å². The second-order valence-corrected chi connectivity index (χ2v) is 4.41. The number of hydrogen-bond acceptors (Lipinski definition) is 2. The molecular weight excluding hydrogens is 276 g/mol. The fourth-order valence-corrected chi connectivity index (χ4v) is 1.80. The quantitative estimate of drug-likeness (QED) is 0.792. The Hall–Kier alpha value is -1.63. The number of carbonyl (C=O) groups is 1. The molecule has 1 atom stereocenters. The highest BCUT2D eigenvalue weighted by Gasteiger charge is 2.34. The van der Waals surface area contributed by atoms with Crippen molar-refractivity contribution >= 4 is 5.91 Å². The third kappa shape index (κ3) is 4.48. The number of primary amides is 1. The summed E-state index contributed by atoms with van der Waals surface area (Å²) in [6.45, 7) is 2.39. The van der Waals surface area contributed by atoms with Gasteiger partial charge in [0, 0.05) is 12.5 Å². The van der Waals surface area contributed by atoms with Gasteiger partial charge in [-0.15, -0.1) is 0 Å². The summed E-state index contributed by atoms with van der Waals surface area (Å²) in [5.74, 6) is -1.98. The molecule has 1 amide bonds. The van der Waals surface area contributed by atoms with Gasteiger partial charge in [0.05, 0.1) is 5.56 Å². The fourth-order valence-electron chi connectivity index (χ4n) is 1.80. The number of nitrogens with one attached hydrogen (secondary N) is 1. The van der Waals surface area contributed by atoms with Crippen LogP contribution in [0.2, 0.25) is 0 Å². The van der Waals surface area contributed by atoms with E-state index in [0.29, 0.717) is 12.6 Å². The topological polar surface area (TPSA) is 55.1 Å². The number of nitrogens with two attached hydrogens (primary N) is 1. The van der Waals surface area contributed by atoms with Crippen LogP contribution in [0.15, 0.2) is 18.2 Å². The third-order valence-corrected chi connectivity index (χ3v) is 2.74. The molecular formula is C13H16F4N2O. The molecule has 1 aromatic rings. The average molecular weight is 292 g/mol. The zero-order valence-electron chi connectivity index (χ0n) is 10.9. The van der Waals surface area contributed by atoms with Gasteiger partial charge < -0.3 is 11.1 Å². The van der Waals surface area contributed by atoms with Crippen molar-refractivity contribution in [3.8, 4) is 0 Å². The van der Waals surface area contributed by atoms with E-state index < -0.39 is 29.5 Å². The van der Waals surface area contributed by atoms with E-state index in [9.17, 15) is 22.4 Å². The molecule has 0 spiro atoms. The maximum atomic E-state index is 13.2. The van der Waals surface area contributed by atoms with Crippen LogP contribution in [-0.4, -0.2) is 12.5 Å². The summed E-state index contributed by atoms with van der Waals surface area (Å²) in [4.78, 5) is 11.0. The van der Waals surface area contributed by atoms with Crippen molar-refractivity contribution in [3.05, 3.63) is 35.1 Å². The maximum Gasteiger partial charge on any atom is 0.419 e. The Morgan fingerprint density at radius 1 is 1.40 bits per heavy atom. The van der Waals surface area contributed by atoms with E-state index in [4.69, 9.17) is 5.73 Å². The van der Waals surface area contributed by atoms with Crippen molar-refractivity contribution in [2.75, 3.05) is 6.54 Å². The van der Waals surface area contributed by atoms with E-state index >= 15 is 0 Å². The first-order chi connectivity index (χ1) is 9.25. The summed E-state index contributed by atoms with van der Waals surface area (Å²) < 4.78 is 51.2. The van der Waals surface area contributed by atoms with Gasteiger partial charge in [-0.2, -0.15) is 13.2 Å². The molecule has 0 fully saturated rings. The van der Waals surface area contributed by atoms with E-state index in [2.05, 4.69) is 5.32 Å². The first-order valence-corrected chi connectivity index (χ1v) is 6.14. The van der Waals surface area contributed by atoms with E-state index in [1.54, 1.807) is 0 Å². The molecule has 20 heavy (non-hydrogen) atoms. The SMILES string of the molecule is CCCNC(CC(N)=O)c1ccc(F)c(C(F)(F)F)c1. The van der Waals surface area contributed by atoms with E-state index in [0.717, 1.165) is 12.5 Å². The van der Waals surface area contributed by atoms with Crippen LogP contribution in [0.5, 0.6) is 0 Å². The van der Waals surface area contributed by atoms with Gasteiger partial charge in [-0.25, -0.2) is 4.39 Å². The van der Waals surface area contributed by atoms with Crippen molar-refractivity contribution in [2.24, 2.45) is 5.73 Å². The molecule has 0 radical (unpaired) electrons. The summed E-state index contributed by atoms with van der Waals surface area (Å²) in [6, 6.07) is 2.03. The lowest BCUT2D eigenvalue weighted by Crippen LogP contribution is -2.27. The number of halogens is 4. The Morgan fingerprint density at radius 3 is 2.55 bits per heavy atom. The molecule has 3 nitrogen and oxygen atoms in total. The summed E-state index contributed by atoms with van der Waals surface area (Å²) in [5, 5.41) is 2.92. The standard InChI is InChI=1S/C13H16F4N2O/c1-2-5-19-11(7-12(18)20)8-3-4-10(14)9(6-8)13(15,16)17/h3-4,6,11,19H,2,5,7H2,1H3,(H2,18,20). The first-order valence-electron chi connectivity index (χ1n) is 6.14. The second kappa shape index (κ2) is 6.69. The number of amides is 1. The van der Waals surface area contributed by atoms with Crippen LogP contribution in [0.1, 0.15) is 36.9 Å². The molecule has 0 aliphatic carbocycles. The van der Waals surface area contributed by atoms with Crippen LogP contribution in [0, 0.1) is 5.82 Å². The van der Waals surface area contributed by atoms with Crippen LogP contribution >= 0.6 is 0 Å². The highest BCUT2D eigenvalue weighted by Crippen LogP contribution is 2.33. The molecule has 0 aromatic heterocycles. The van der Waals surface area contributed by atoms with Gasteiger partial charge in [0.25, 0.3) is 0 Å². The summed E-state index contributed by atoms with van der Waals surface area (Å²) in [5.41, 5.74) is 3.92. The molecule has 0 aliphatic rings. The predicted octanol–water partition coefficient (Wildman–Crippen LogP) is 2.76. The molecule has 0 saturated carbocycles. The molecule has 0 aliphatic heterocycles. The van der Waals surface area contributed by atoms with Crippen molar-refractivity contribution < 1.29 is 22.4 Å². The summed E-state index contributed by atoms with van der Waals surface area (Å²) in [6.07, 6.45) is -4.19. The Balaban J connectivity index is 3.10. The van der Waals surface area contributed by atoms with Crippen LogP contribution in [0.4, 0.5) is 17.6 Å². The van der Waals surface area contributed by atoms with Crippen LogP contribution in [0.3, 0.4) is 0 Å². The molecule has 0 heterocycles. The Labute approximate surface area is 114 Å². The highest BCUT2D eigenvalue weighted by molar-refractivity contribution is 5.74. The molecule has 0 saturated heterocycles. The number of benzene rings is 1. The smallest absolute Gasteiger partial charge is 0.370 e. The Bertz CT molecular complexity index is 474. The zero-order valence-corrected chi connectivity index (χ0v) is 10.9. The monoisotopic (exact) mass is 292 g/mol. The van der Waals surface area contributed by atoms with E-state index in [-0.39, 0.29) is 12.0 Å². The molecule has 7 heteroatoms.